The molecule has 1 N–H and O–H groups in total. The largest absolute Gasteiger partial charge is 0.341 e. The van der Waals surface area contributed by atoms with Crippen LogP contribution < -0.4 is 0 Å². The molecule has 1 aliphatic heterocycles. The van der Waals surface area contributed by atoms with Gasteiger partial charge in [0.15, 0.2) is 0 Å². The van der Waals surface area contributed by atoms with E-state index >= 15 is 0 Å². The van der Waals surface area contributed by atoms with Gasteiger partial charge in [0.05, 0.1) is 17.1 Å². The average Bonchev–Trinajstić information content (AvgIpc) is 2.91. The van der Waals surface area contributed by atoms with E-state index in [1.165, 1.54) is 4.31 Å². The molecule has 1 unspecified atom stereocenters. The zero-order valence-corrected chi connectivity index (χ0v) is 13.1. The first-order chi connectivity index (χ1) is 10.00. The average molecular weight is 308 g/mol. The van der Waals surface area contributed by atoms with E-state index in [4.69, 9.17) is 0 Å². The topological polar surface area (TPSA) is 69.3 Å². The van der Waals surface area contributed by atoms with Crippen LogP contribution in [-0.4, -0.2) is 47.6 Å². The zero-order valence-electron chi connectivity index (χ0n) is 12.3. The highest BCUT2D eigenvalue weighted by atomic mass is 32.2. The van der Waals surface area contributed by atoms with Crippen molar-refractivity contribution in [2.45, 2.75) is 25.3 Å². The summed E-state index contributed by atoms with van der Waals surface area (Å²) in [5.41, 5.74) is 1.82. The van der Waals surface area contributed by atoms with E-state index in [2.05, 4.69) is 9.97 Å². The second-order valence-electron chi connectivity index (χ2n) is 5.55. The van der Waals surface area contributed by atoms with Crippen molar-refractivity contribution in [3.05, 3.63) is 30.1 Å². The second-order valence-corrected chi connectivity index (χ2v) is 7.65. The lowest BCUT2D eigenvalue weighted by Gasteiger charge is -2.35. The summed E-state index contributed by atoms with van der Waals surface area (Å²) in [6, 6.07) is 7.56. The molecule has 2 heterocycles. The second kappa shape index (κ2) is 5.40. The number of aromatic nitrogens is 2. The molecule has 1 aliphatic rings. The number of piperidine rings is 1. The van der Waals surface area contributed by atoms with Crippen molar-refractivity contribution >= 4 is 21.2 Å². The summed E-state index contributed by atoms with van der Waals surface area (Å²) in [4.78, 5) is 7.85. The summed E-state index contributed by atoms with van der Waals surface area (Å²) in [5, 5.41) is 0. The molecule has 3 rings (SSSR count). The summed E-state index contributed by atoms with van der Waals surface area (Å²) in [7, 11) is -0.290. The van der Waals surface area contributed by atoms with E-state index in [0.717, 1.165) is 36.1 Å². The van der Waals surface area contributed by atoms with Gasteiger partial charge in [0.25, 0.3) is 10.2 Å². The third-order valence-electron chi connectivity index (χ3n) is 3.93. The molecular formula is C14H20N4O2S. The lowest BCUT2D eigenvalue weighted by molar-refractivity contribution is 0.235. The van der Waals surface area contributed by atoms with Gasteiger partial charge in [-0.25, -0.2) is 4.98 Å². The van der Waals surface area contributed by atoms with Gasteiger partial charge in [-0.1, -0.05) is 18.6 Å². The minimum Gasteiger partial charge on any atom is -0.341 e. The van der Waals surface area contributed by atoms with Crippen LogP contribution in [-0.2, 0) is 10.2 Å². The number of hydrogen-bond donors (Lipinski definition) is 1. The maximum Gasteiger partial charge on any atom is 0.282 e. The van der Waals surface area contributed by atoms with Gasteiger partial charge in [0.2, 0.25) is 0 Å². The Morgan fingerprint density at radius 3 is 2.76 bits per heavy atom. The van der Waals surface area contributed by atoms with Crippen LogP contribution in [0.1, 0.15) is 31.1 Å². The molecule has 1 atom stereocenters. The van der Waals surface area contributed by atoms with E-state index in [1.807, 2.05) is 24.3 Å². The number of nitrogens with zero attached hydrogens (tertiary/aromatic N) is 3. The predicted molar refractivity (Wildman–Crippen MR) is 82.0 cm³/mol. The molecular weight excluding hydrogens is 288 g/mol. The molecule has 0 spiro atoms. The third kappa shape index (κ3) is 2.56. The number of nitrogens with one attached hydrogen (secondary N) is 1. The number of imidazole rings is 1. The molecule has 1 saturated heterocycles. The number of benzene rings is 1. The molecule has 1 fully saturated rings. The summed E-state index contributed by atoms with van der Waals surface area (Å²) < 4.78 is 27.8. The monoisotopic (exact) mass is 308 g/mol. The minimum absolute atomic E-state index is 0.210. The quantitative estimate of drug-likeness (QED) is 0.941. The van der Waals surface area contributed by atoms with Gasteiger partial charge in [-0.2, -0.15) is 17.0 Å². The van der Waals surface area contributed by atoms with Crippen LogP contribution in [0, 0.1) is 0 Å². The maximum atomic E-state index is 12.5. The lowest BCUT2D eigenvalue weighted by Crippen LogP contribution is -2.44. The SMILES string of the molecule is CN(C)S(=O)(=O)N1CCCCC1c1nc2ccccc2[nH]1. The molecule has 2 aromatic rings. The van der Waals surface area contributed by atoms with E-state index in [-0.39, 0.29) is 6.04 Å². The summed E-state index contributed by atoms with van der Waals surface area (Å²) in [5.74, 6) is 0.737. The Morgan fingerprint density at radius 2 is 2.05 bits per heavy atom. The van der Waals surface area contributed by atoms with Crippen molar-refractivity contribution in [2.75, 3.05) is 20.6 Å². The number of H-pyrrole nitrogens is 1. The zero-order chi connectivity index (χ0) is 15.0. The minimum atomic E-state index is -3.43. The Bertz CT molecular complexity index is 705. The van der Waals surface area contributed by atoms with Crippen LogP contribution in [0.25, 0.3) is 11.0 Å². The predicted octanol–water partition coefficient (Wildman–Crippen LogP) is 1.90. The van der Waals surface area contributed by atoms with Gasteiger partial charge < -0.3 is 4.98 Å². The Kier molecular flexibility index (Phi) is 3.73. The van der Waals surface area contributed by atoms with E-state index < -0.39 is 10.2 Å². The van der Waals surface area contributed by atoms with E-state index in [0.29, 0.717) is 6.54 Å². The highest BCUT2D eigenvalue weighted by Crippen LogP contribution is 2.33. The molecule has 6 nitrogen and oxygen atoms in total. The molecule has 0 bridgehead atoms. The Labute approximate surface area is 125 Å². The van der Waals surface area contributed by atoms with Crippen molar-refractivity contribution in [3.63, 3.8) is 0 Å². The summed E-state index contributed by atoms with van der Waals surface area (Å²) >= 11 is 0. The summed E-state index contributed by atoms with van der Waals surface area (Å²) in [6.07, 6.45) is 2.71. The van der Waals surface area contributed by atoms with Gasteiger partial charge in [0, 0.05) is 20.6 Å². The molecule has 1 aromatic heterocycles. The number of hydrogen-bond acceptors (Lipinski definition) is 3. The highest BCUT2D eigenvalue weighted by molar-refractivity contribution is 7.86. The van der Waals surface area contributed by atoms with Crippen molar-refractivity contribution in [2.24, 2.45) is 0 Å². The first-order valence-corrected chi connectivity index (χ1v) is 8.54. The van der Waals surface area contributed by atoms with Crippen LogP contribution in [0.5, 0.6) is 0 Å². The van der Waals surface area contributed by atoms with Gasteiger partial charge in [0.1, 0.15) is 5.82 Å². The number of aromatic amines is 1. The van der Waals surface area contributed by atoms with Crippen molar-refractivity contribution in [3.8, 4) is 0 Å². The molecule has 0 aliphatic carbocycles. The normalized spacial score (nSPS) is 21.2. The molecule has 0 saturated carbocycles. The van der Waals surface area contributed by atoms with E-state index in [1.54, 1.807) is 18.4 Å². The van der Waals surface area contributed by atoms with Crippen LogP contribution in [0.15, 0.2) is 24.3 Å². The summed E-state index contributed by atoms with van der Waals surface area (Å²) in [6.45, 7) is 0.544. The maximum absolute atomic E-state index is 12.5. The first kappa shape index (κ1) is 14.5. The number of fused-ring (bicyclic) bond motifs is 1. The van der Waals surface area contributed by atoms with Crippen molar-refractivity contribution < 1.29 is 8.42 Å². The molecule has 0 amide bonds. The smallest absolute Gasteiger partial charge is 0.282 e. The van der Waals surface area contributed by atoms with Crippen LogP contribution in [0.3, 0.4) is 0 Å². The van der Waals surface area contributed by atoms with Crippen molar-refractivity contribution in [1.29, 1.82) is 0 Å². The Balaban J connectivity index is 2.01. The van der Waals surface area contributed by atoms with Gasteiger partial charge in [-0.15, -0.1) is 0 Å². The first-order valence-electron chi connectivity index (χ1n) is 7.14. The van der Waals surface area contributed by atoms with Crippen LogP contribution in [0.4, 0.5) is 0 Å². The fourth-order valence-corrected chi connectivity index (χ4v) is 4.10. The fraction of sp³-hybridized carbons (Fsp3) is 0.500. The lowest BCUT2D eigenvalue weighted by atomic mass is 10.0. The van der Waals surface area contributed by atoms with Gasteiger partial charge in [-0.3, -0.25) is 0 Å². The van der Waals surface area contributed by atoms with Crippen LogP contribution >= 0.6 is 0 Å². The molecule has 114 valence electrons. The van der Waals surface area contributed by atoms with Crippen molar-refractivity contribution in [1.82, 2.24) is 18.6 Å². The van der Waals surface area contributed by atoms with Gasteiger partial charge in [-0.05, 0) is 25.0 Å². The number of rotatable bonds is 3. The van der Waals surface area contributed by atoms with E-state index in [9.17, 15) is 8.42 Å². The standard InChI is InChI=1S/C14H20N4O2S/c1-17(2)21(19,20)18-10-6-5-9-13(18)14-15-11-7-3-4-8-12(11)16-14/h3-4,7-8,13H,5-6,9-10H2,1-2H3,(H,15,16). The van der Waals surface area contributed by atoms with Crippen LogP contribution in [0.2, 0.25) is 0 Å². The number of para-hydroxylation sites is 2. The Morgan fingerprint density at radius 1 is 1.29 bits per heavy atom. The third-order valence-corrected chi connectivity index (χ3v) is 5.89. The fourth-order valence-electron chi connectivity index (χ4n) is 2.79. The molecule has 0 radical (unpaired) electrons. The molecule has 7 heteroatoms. The Hall–Kier alpha value is -1.44. The molecule has 21 heavy (non-hydrogen) atoms. The molecule has 1 aromatic carbocycles. The highest BCUT2D eigenvalue weighted by Gasteiger charge is 2.36. The van der Waals surface area contributed by atoms with Gasteiger partial charge >= 0.3 is 0 Å².